The molecular formula is C11H16N4O5. The molecule has 20 heavy (non-hydrogen) atoms. The van der Waals surface area contributed by atoms with Crippen LogP contribution in [-0.4, -0.2) is 51.7 Å². The van der Waals surface area contributed by atoms with E-state index in [4.69, 9.17) is 4.74 Å². The van der Waals surface area contributed by atoms with E-state index >= 15 is 0 Å². The Labute approximate surface area is 113 Å². The maximum absolute atomic E-state index is 11.7. The average Bonchev–Trinajstić information content (AvgIpc) is 2.41. The van der Waals surface area contributed by atoms with E-state index in [0.29, 0.717) is 13.2 Å². The largest absolute Gasteiger partial charge is 0.374 e. The molecule has 0 saturated carbocycles. The molecule has 2 heterocycles. The molecule has 0 radical (unpaired) electrons. The van der Waals surface area contributed by atoms with E-state index in [1.54, 1.807) is 0 Å². The van der Waals surface area contributed by atoms with Crippen LogP contribution < -0.4 is 11.2 Å². The summed E-state index contributed by atoms with van der Waals surface area (Å²) in [6, 6.07) is 0. The fraction of sp³-hybridized carbons (Fsp3) is 0.636. The predicted octanol–water partition coefficient (Wildman–Crippen LogP) is -0.834. The monoisotopic (exact) mass is 284 g/mol. The van der Waals surface area contributed by atoms with E-state index in [0.717, 1.165) is 23.9 Å². The number of hydrogen-bond donors (Lipinski definition) is 1. The number of ether oxygens (including phenoxy) is 1. The molecule has 9 nitrogen and oxygen atoms in total. The summed E-state index contributed by atoms with van der Waals surface area (Å²) in [6.07, 6.45) is 0.738. The molecule has 110 valence electrons. The number of nitrogens with zero attached hydrogens (tertiary/aromatic N) is 3. The number of aromatic amines is 1. The van der Waals surface area contributed by atoms with Gasteiger partial charge < -0.3 is 4.74 Å². The topological polar surface area (TPSA) is 110 Å². The van der Waals surface area contributed by atoms with Crippen molar-refractivity contribution in [2.45, 2.75) is 19.6 Å². The minimum Gasteiger partial charge on any atom is -0.374 e. The van der Waals surface area contributed by atoms with E-state index in [2.05, 4.69) is 4.90 Å². The third kappa shape index (κ3) is 3.11. The third-order valence-corrected chi connectivity index (χ3v) is 3.26. The van der Waals surface area contributed by atoms with Gasteiger partial charge in [0.05, 0.1) is 30.4 Å². The summed E-state index contributed by atoms with van der Waals surface area (Å²) in [5.41, 5.74) is -2.30. The molecule has 0 bridgehead atoms. The van der Waals surface area contributed by atoms with Crippen molar-refractivity contribution in [3.63, 3.8) is 0 Å². The van der Waals surface area contributed by atoms with Crippen LogP contribution in [0, 0.1) is 10.1 Å². The van der Waals surface area contributed by atoms with Gasteiger partial charge in [-0.25, -0.2) is 4.79 Å². The first-order valence-electron chi connectivity index (χ1n) is 6.33. The Morgan fingerprint density at radius 1 is 1.55 bits per heavy atom. The zero-order valence-corrected chi connectivity index (χ0v) is 11.1. The summed E-state index contributed by atoms with van der Waals surface area (Å²) >= 11 is 0. The highest BCUT2D eigenvalue weighted by atomic mass is 16.6. The Hall–Kier alpha value is -2.00. The Bertz CT molecular complexity index is 608. The van der Waals surface area contributed by atoms with Gasteiger partial charge in [0.15, 0.2) is 0 Å². The Morgan fingerprint density at radius 2 is 2.30 bits per heavy atom. The van der Waals surface area contributed by atoms with Crippen LogP contribution in [0.1, 0.15) is 6.92 Å². The van der Waals surface area contributed by atoms with Crippen molar-refractivity contribution in [2.75, 3.05) is 26.2 Å². The maximum Gasteiger partial charge on any atom is 0.350 e. The van der Waals surface area contributed by atoms with Crippen LogP contribution in [0.15, 0.2) is 15.8 Å². The molecule has 1 N–H and O–H groups in total. The molecule has 1 saturated heterocycles. The maximum atomic E-state index is 11.7. The van der Waals surface area contributed by atoms with Gasteiger partial charge in [0, 0.05) is 13.1 Å². The van der Waals surface area contributed by atoms with Crippen LogP contribution in [0.4, 0.5) is 5.69 Å². The minimum absolute atomic E-state index is 0.174. The lowest BCUT2D eigenvalue weighted by Gasteiger charge is -2.32. The van der Waals surface area contributed by atoms with E-state index in [-0.39, 0.29) is 12.6 Å². The molecule has 0 aromatic carbocycles. The zero-order valence-electron chi connectivity index (χ0n) is 11.1. The Kier molecular flexibility index (Phi) is 4.30. The zero-order chi connectivity index (χ0) is 14.7. The van der Waals surface area contributed by atoms with Crippen molar-refractivity contribution < 1.29 is 9.66 Å². The summed E-state index contributed by atoms with van der Waals surface area (Å²) in [4.78, 5) is 36.9. The van der Waals surface area contributed by atoms with E-state index < -0.39 is 21.9 Å². The molecule has 2 rings (SSSR count). The van der Waals surface area contributed by atoms with E-state index in [1.807, 2.05) is 11.9 Å². The number of nitrogens with one attached hydrogen (secondary N) is 1. The number of morpholine rings is 1. The van der Waals surface area contributed by atoms with Gasteiger partial charge in [-0.05, 0) is 6.54 Å². The fourth-order valence-corrected chi connectivity index (χ4v) is 2.16. The number of aromatic nitrogens is 2. The van der Waals surface area contributed by atoms with Gasteiger partial charge in [-0.15, -0.1) is 0 Å². The number of rotatable bonds is 4. The second-order valence-corrected chi connectivity index (χ2v) is 4.57. The lowest BCUT2D eigenvalue weighted by Crippen LogP contribution is -2.45. The summed E-state index contributed by atoms with van der Waals surface area (Å²) in [5, 5.41) is 10.7. The van der Waals surface area contributed by atoms with Gasteiger partial charge >= 0.3 is 16.9 Å². The van der Waals surface area contributed by atoms with Crippen molar-refractivity contribution >= 4 is 5.69 Å². The first kappa shape index (κ1) is 14.4. The molecule has 1 aromatic heterocycles. The Morgan fingerprint density at radius 3 is 2.95 bits per heavy atom. The molecule has 1 aliphatic heterocycles. The smallest absolute Gasteiger partial charge is 0.350 e. The molecule has 1 aromatic rings. The number of likely N-dealkylation sites (N-methyl/N-ethyl adjacent to an activating group) is 1. The van der Waals surface area contributed by atoms with Gasteiger partial charge in [0.25, 0.3) is 0 Å². The van der Waals surface area contributed by atoms with E-state index in [1.165, 1.54) is 0 Å². The average molecular weight is 284 g/mol. The van der Waals surface area contributed by atoms with Gasteiger partial charge in [0.2, 0.25) is 0 Å². The normalized spacial score (nSPS) is 19.9. The number of H-pyrrole nitrogens is 1. The third-order valence-electron chi connectivity index (χ3n) is 3.26. The van der Waals surface area contributed by atoms with Crippen molar-refractivity contribution in [2.24, 2.45) is 0 Å². The van der Waals surface area contributed by atoms with Crippen LogP contribution in [0.3, 0.4) is 0 Å². The SMILES string of the molecule is CCN1CCOC(Cn2cc([N+](=O)[O-])c(=O)[nH]c2=O)C1. The van der Waals surface area contributed by atoms with Crippen molar-refractivity contribution in [3.8, 4) is 0 Å². The highest BCUT2D eigenvalue weighted by molar-refractivity contribution is 5.20. The fourth-order valence-electron chi connectivity index (χ4n) is 2.16. The van der Waals surface area contributed by atoms with Crippen LogP contribution in [0.5, 0.6) is 0 Å². The standard InChI is InChI=1S/C11H16N4O5/c1-2-13-3-4-20-8(5-13)6-14-7-9(15(18)19)10(16)12-11(14)17/h7-8H,2-6H2,1H3,(H,12,16,17). The molecule has 0 amide bonds. The highest BCUT2D eigenvalue weighted by Gasteiger charge is 2.22. The quantitative estimate of drug-likeness (QED) is 0.570. The molecular weight excluding hydrogens is 268 g/mol. The van der Waals surface area contributed by atoms with Crippen LogP contribution in [0.2, 0.25) is 0 Å². The van der Waals surface area contributed by atoms with Gasteiger partial charge in [-0.3, -0.25) is 29.4 Å². The predicted molar refractivity (Wildman–Crippen MR) is 69.8 cm³/mol. The molecule has 1 fully saturated rings. The summed E-state index contributed by atoms with van der Waals surface area (Å²) in [5.74, 6) is 0. The number of hydrogen-bond acceptors (Lipinski definition) is 6. The molecule has 1 aliphatic rings. The second-order valence-electron chi connectivity index (χ2n) is 4.57. The first-order valence-corrected chi connectivity index (χ1v) is 6.33. The van der Waals surface area contributed by atoms with Gasteiger partial charge in [-0.2, -0.15) is 0 Å². The molecule has 0 aliphatic carbocycles. The summed E-state index contributed by atoms with van der Waals surface area (Å²) < 4.78 is 6.65. The highest BCUT2D eigenvalue weighted by Crippen LogP contribution is 2.07. The second kappa shape index (κ2) is 5.97. The van der Waals surface area contributed by atoms with Crippen LogP contribution >= 0.6 is 0 Å². The first-order chi connectivity index (χ1) is 9.51. The van der Waals surface area contributed by atoms with Crippen molar-refractivity contribution in [1.82, 2.24) is 14.5 Å². The Balaban J connectivity index is 2.21. The van der Waals surface area contributed by atoms with Gasteiger partial charge in [0.1, 0.15) is 0 Å². The molecule has 9 heteroatoms. The number of nitro groups is 1. The lowest BCUT2D eigenvalue weighted by molar-refractivity contribution is -0.386. The molecule has 0 spiro atoms. The van der Waals surface area contributed by atoms with Crippen molar-refractivity contribution in [3.05, 3.63) is 37.1 Å². The molecule has 1 unspecified atom stereocenters. The molecule has 1 atom stereocenters. The van der Waals surface area contributed by atoms with Crippen molar-refractivity contribution in [1.29, 1.82) is 0 Å². The minimum atomic E-state index is -0.990. The van der Waals surface area contributed by atoms with E-state index in [9.17, 15) is 19.7 Å². The van der Waals surface area contributed by atoms with Crippen LogP contribution in [0.25, 0.3) is 0 Å². The summed E-state index contributed by atoms with van der Waals surface area (Å²) in [6.45, 7) is 5.11. The van der Waals surface area contributed by atoms with Gasteiger partial charge in [-0.1, -0.05) is 6.92 Å². The van der Waals surface area contributed by atoms with Crippen LogP contribution in [-0.2, 0) is 11.3 Å². The summed E-state index contributed by atoms with van der Waals surface area (Å²) in [7, 11) is 0. The lowest BCUT2D eigenvalue weighted by atomic mass is 10.2.